The predicted octanol–water partition coefficient (Wildman–Crippen LogP) is 2.45. The van der Waals surface area contributed by atoms with Crippen LogP contribution in [0.15, 0.2) is 0 Å². The van der Waals surface area contributed by atoms with E-state index in [2.05, 4.69) is 11.8 Å². The molecule has 0 aliphatic carbocycles. The van der Waals surface area contributed by atoms with Gasteiger partial charge in [-0.25, -0.2) is 0 Å². The molecule has 0 aromatic carbocycles. The molecule has 0 bridgehead atoms. The summed E-state index contributed by atoms with van der Waals surface area (Å²) in [5.41, 5.74) is 0.337. The molecule has 2 fully saturated rings. The Labute approximate surface area is 72.9 Å². The van der Waals surface area contributed by atoms with Crippen molar-refractivity contribution in [3.8, 4) is 0 Å². The summed E-state index contributed by atoms with van der Waals surface area (Å²) in [5.74, 6) is 2.67. The lowest BCUT2D eigenvalue weighted by Gasteiger charge is -2.25. The van der Waals surface area contributed by atoms with E-state index in [1.165, 1.54) is 43.6 Å². The Balaban J connectivity index is 1.97. The number of hydrogen-bond donors (Lipinski definition) is 0. The third-order valence-corrected chi connectivity index (χ3v) is 3.88. The van der Waals surface area contributed by atoms with Crippen molar-refractivity contribution in [3.63, 3.8) is 0 Å². The highest BCUT2D eigenvalue weighted by molar-refractivity contribution is 7.99. The van der Waals surface area contributed by atoms with Crippen LogP contribution in [0.25, 0.3) is 0 Å². The first-order valence-corrected chi connectivity index (χ1v) is 5.79. The van der Waals surface area contributed by atoms with Gasteiger partial charge in [0, 0.05) is 6.61 Å². The van der Waals surface area contributed by atoms with Crippen molar-refractivity contribution in [2.45, 2.75) is 37.7 Å². The Kier molecular flexibility index (Phi) is 2.42. The minimum Gasteiger partial charge on any atom is -0.375 e. The Bertz CT molecular complexity index is 120. The van der Waals surface area contributed by atoms with Gasteiger partial charge in [-0.05, 0) is 43.6 Å². The summed E-state index contributed by atoms with van der Waals surface area (Å²) in [5, 5.41) is 0. The molecule has 2 aliphatic heterocycles. The van der Waals surface area contributed by atoms with Gasteiger partial charge in [0.15, 0.2) is 0 Å². The fraction of sp³-hybridized carbons (Fsp3) is 1.00. The Morgan fingerprint density at radius 3 is 2.73 bits per heavy atom. The van der Waals surface area contributed by atoms with Gasteiger partial charge in [-0.15, -0.1) is 0 Å². The average molecular weight is 172 g/mol. The monoisotopic (exact) mass is 172 g/mol. The van der Waals surface area contributed by atoms with Crippen molar-refractivity contribution in [3.05, 3.63) is 0 Å². The molecule has 11 heavy (non-hydrogen) atoms. The van der Waals surface area contributed by atoms with Crippen molar-refractivity contribution >= 4 is 11.8 Å². The molecule has 2 heterocycles. The van der Waals surface area contributed by atoms with Gasteiger partial charge in [0.05, 0.1) is 5.60 Å². The van der Waals surface area contributed by atoms with Gasteiger partial charge in [-0.3, -0.25) is 0 Å². The van der Waals surface area contributed by atoms with Crippen LogP contribution >= 0.6 is 11.8 Å². The SMILES string of the molecule is C1COC2(C1)CCCSCC2. The van der Waals surface area contributed by atoms with Gasteiger partial charge in [-0.2, -0.15) is 11.8 Å². The topological polar surface area (TPSA) is 9.23 Å². The van der Waals surface area contributed by atoms with Gasteiger partial charge < -0.3 is 4.74 Å². The first-order valence-electron chi connectivity index (χ1n) is 4.63. The Hall–Kier alpha value is 0.310. The molecular weight excluding hydrogens is 156 g/mol. The summed E-state index contributed by atoms with van der Waals surface area (Å²) in [7, 11) is 0. The normalized spacial score (nSPS) is 39.3. The van der Waals surface area contributed by atoms with Crippen molar-refractivity contribution in [1.82, 2.24) is 0 Å². The van der Waals surface area contributed by atoms with Crippen molar-refractivity contribution in [1.29, 1.82) is 0 Å². The van der Waals surface area contributed by atoms with E-state index in [0.29, 0.717) is 5.60 Å². The highest BCUT2D eigenvalue weighted by atomic mass is 32.2. The standard InChI is InChI=1S/C9H16OS/c1-3-9(10-6-1)4-2-7-11-8-5-9/h1-8H2. The highest BCUT2D eigenvalue weighted by Gasteiger charge is 2.34. The lowest BCUT2D eigenvalue weighted by Crippen LogP contribution is -2.27. The molecule has 2 rings (SSSR count). The third-order valence-electron chi connectivity index (χ3n) is 2.81. The summed E-state index contributed by atoms with van der Waals surface area (Å²) in [6.07, 6.45) is 6.61. The highest BCUT2D eigenvalue weighted by Crippen LogP contribution is 2.37. The summed E-state index contributed by atoms with van der Waals surface area (Å²) < 4.78 is 5.85. The summed E-state index contributed by atoms with van der Waals surface area (Å²) in [6.45, 7) is 1.02. The van der Waals surface area contributed by atoms with Crippen LogP contribution in [-0.4, -0.2) is 23.7 Å². The third kappa shape index (κ3) is 1.73. The van der Waals surface area contributed by atoms with Crippen molar-refractivity contribution in [2.75, 3.05) is 18.1 Å². The van der Waals surface area contributed by atoms with Crippen LogP contribution in [-0.2, 0) is 4.74 Å². The fourth-order valence-corrected chi connectivity index (χ4v) is 3.20. The quantitative estimate of drug-likeness (QED) is 0.555. The van der Waals surface area contributed by atoms with Crippen LogP contribution in [0.3, 0.4) is 0 Å². The van der Waals surface area contributed by atoms with Gasteiger partial charge in [0.25, 0.3) is 0 Å². The average Bonchev–Trinajstić information content (AvgIpc) is 2.32. The van der Waals surface area contributed by atoms with Gasteiger partial charge in [-0.1, -0.05) is 0 Å². The smallest absolute Gasteiger partial charge is 0.0691 e. The zero-order valence-corrected chi connectivity index (χ0v) is 7.79. The summed E-state index contributed by atoms with van der Waals surface area (Å²) in [4.78, 5) is 0. The van der Waals surface area contributed by atoms with E-state index in [4.69, 9.17) is 4.74 Å². The number of hydrogen-bond acceptors (Lipinski definition) is 2. The maximum absolute atomic E-state index is 5.85. The van der Waals surface area contributed by atoms with Crippen LogP contribution in [0.4, 0.5) is 0 Å². The van der Waals surface area contributed by atoms with E-state index in [1.807, 2.05) is 0 Å². The van der Waals surface area contributed by atoms with Crippen LogP contribution in [0, 0.1) is 0 Å². The Morgan fingerprint density at radius 1 is 1.00 bits per heavy atom. The van der Waals surface area contributed by atoms with E-state index < -0.39 is 0 Å². The van der Waals surface area contributed by atoms with Gasteiger partial charge in [0.2, 0.25) is 0 Å². The number of ether oxygens (including phenoxy) is 1. The van der Waals surface area contributed by atoms with Crippen LogP contribution in [0.1, 0.15) is 32.1 Å². The van der Waals surface area contributed by atoms with Crippen LogP contribution in [0.2, 0.25) is 0 Å². The van der Waals surface area contributed by atoms with E-state index in [9.17, 15) is 0 Å². The van der Waals surface area contributed by atoms with Crippen molar-refractivity contribution in [2.24, 2.45) is 0 Å². The van der Waals surface area contributed by atoms with E-state index in [1.54, 1.807) is 0 Å². The molecule has 0 aromatic heterocycles. The van der Waals surface area contributed by atoms with Crippen LogP contribution in [0.5, 0.6) is 0 Å². The van der Waals surface area contributed by atoms with Crippen LogP contribution < -0.4 is 0 Å². The molecule has 0 amide bonds. The second-order valence-electron chi connectivity index (χ2n) is 3.60. The first-order chi connectivity index (χ1) is 5.41. The van der Waals surface area contributed by atoms with E-state index >= 15 is 0 Å². The molecule has 0 saturated carbocycles. The molecule has 0 N–H and O–H groups in total. The molecule has 2 heteroatoms. The minimum absolute atomic E-state index is 0.337. The second-order valence-corrected chi connectivity index (χ2v) is 4.83. The first kappa shape index (κ1) is 7.93. The van der Waals surface area contributed by atoms with Crippen molar-refractivity contribution < 1.29 is 4.74 Å². The second kappa shape index (κ2) is 3.36. The molecular formula is C9H16OS. The molecule has 1 atom stereocenters. The minimum atomic E-state index is 0.337. The maximum Gasteiger partial charge on any atom is 0.0691 e. The molecule has 1 nitrogen and oxygen atoms in total. The lowest BCUT2D eigenvalue weighted by atomic mass is 9.92. The van der Waals surface area contributed by atoms with E-state index in [0.717, 1.165) is 6.61 Å². The summed E-state index contributed by atoms with van der Waals surface area (Å²) in [6, 6.07) is 0. The Morgan fingerprint density at radius 2 is 1.91 bits per heavy atom. The zero-order valence-electron chi connectivity index (χ0n) is 6.97. The number of rotatable bonds is 0. The van der Waals surface area contributed by atoms with Gasteiger partial charge >= 0.3 is 0 Å². The number of thioether (sulfide) groups is 1. The molecule has 0 radical (unpaired) electrons. The molecule has 1 unspecified atom stereocenters. The van der Waals surface area contributed by atoms with E-state index in [-0.39, 0.29) is 0 Å². The summed E-state index contributed by atoms with van der Waals surface area (Å²) >= 11 is 2.10. The lowest BCUT2D eigenvalue weighted by molar-refractivity contribution is -0.00408. The largest absolute Gasteiger partial charge is 0.375 e. The van der Waals surface area contributed by atoms with Gasteiger partial charge in [0.1, 0.15) is 0 Å². The molecule has 2 aliphatic rings. The molecule has 64 valence electrons. The predicted molar refractivity (Wildman–Crippen MR) is 49.1 cm³/mol. The fourth-order valence-electron chi connectivity index (χ4n) is 2.13. The molecule has 0 aromatic rings. The molecule has 2 saturated heterocycles. The zero-order chi connectivity index (χ0) is 7.57. The molecule has 1 spiro atoms. The maximum atomic E-state index is 5.85.